The summed E-state index contributed by atoms with van der Waals surface area (Å²) in [6.45, 7) is 4.98. The minimum atomic E-state index is -0.0631. The Bertz CT molecular complexity index is 285. The van der Waals surface area contributed by atoms with Crippen LogP contribution in [0.5, 0.6) is 0 Å². The van der Waals surface area contributed by atoms with Crippen molar-refractivity contribution in [2.75, 3.05) is 13.1 Å². The highest BCUT2D eigenvalue weighted by atomic mass is 19.1. The van der Waals surface area contributed by atoms with Crippen LogP contribution in [0.1, 0.15) is 17.5 Å². The molecule has 0 N–H and O–H groups in total. The molecule has 1 aliphatic heterocycles. The molecule has 0 bridgehead atoms. The Morgan fingerprint density at radius 2 is 2.15 bits per heavy atom. The fraction of sp³-hybridized carbons (Fsp3) is 0.455. The van der Waals surface area contributed by atoms with Crippen molar-refractivity contribution in [3.63, 3.8) is 0 Å². The normalized spacial score (nSPS) is 17.1. The zero-order chi connectivity index (χ0) is 9.26. The number of halogens is 1. The SMILES string of the molecule is Cc1cccc(F)c1CN1CCC1. The molecule has 1 heterocycles. The average molecular weight is 179 g/mol. The van der Waals surface area contributed by atoms with Crippen molar-refractivity contribution >= 4 is 0 Å². The van der Waals surface area contributed by atoms with E-state index in [1.54, 1.807) is 12.1 Å². The Balaban J connectivity index is 2.17. The zero-order valence-electron chi connectivity index (χ0n) is 7.89. The maximum Gasteiger partial charge on any atom is 0.127 e. The highest BCUT2D eigenvalue weighted by Gasteiger charge is 2.16. The summed E-state index contributed by atoms with van der Waals surface area (Å²) in [4.78, 5) is 2.27. The number of rotatable bonds is 2. The minimum absolute atomic E-state index is 0.0631. The minimum Gasteiger partial charge on any atom is -0.299 e. The van der Waals surface area contributed by atoms with Crippen molar-refractivity contribution in [2.24, 2.45) is 0 Å². The summed E-state index contributed by atoms with van der Waals surface area (Å²) >= 11 is 0. The third-order valence-electron chi connectivity index (χ3n) is 2.68. The Hall–Kier alpha value is -0.890. The topological polar surface area (TPSA) is 3.24 Å². The second-order valence-electron chi connectivity index (χ2n) is 3.66. The van der Waals surface area contributed by atoms with Gasteiger partial charge in [0.05, 0.1) is 0 Å². The molecule has 0 aromatic heterocycles. The van der Waals surface area contributed by atoms with Gasteiger partial charge in [0.15, 0.2) is 0 Å². The summed E-state index contributed by atoms with van der Waals surface area (Å²) in [6, 6.07) is 5.28. The monoisotopic (exact) mass is 179 g/mol. The summed E-state index contributed by atoms with van der Waals surface area (Å²) in [5.41, 5.74) is 1.93. The molecule has 1 aliphatic rings. The molecule has 1 saturated heterocycles. The van der Waals surface area contributed by atoms with Gasteiger partial charge in [-0.25, -0.2) is 4.39 Å². The molecule has 70 valence electrons. The van der Waals surface area contributed by atoms with E-state index in [0.29, 0.717) is 0 Å². The molecule has 1 nitrogen and oxygen atoms in total. The van der Waals surface area contributed by atoms with Crippen LogP contribution in [0.25, 0.3) is 0 Å². The molecule has 13 heavy (non-hydrogen) atoms. The van der Waals surface area contributed by atoms with Crippen molar-refractivity contribution in [3.05, 3.63) is 35.1 Å². The van der Waals surface area contributed by atoms with Gasteiger partial charge < -0.3 is 0 Å². The van der Waals surface area contributed by atoms with Gasteiger partial charge in [0.1, 0.15) is 5.82 Å². The predicted molar refractivity (Wildman–Crippen MR) is 51.0 cm³/mol. The van der Waals surface area contributed by atoms with E-state index >= 15 is 0 Å². The number of benzene rings is 1. The van der Waals surface area contributed by atoms with Crippen molar-refractivity contribution in [1.82, 2.24) is 4.90 Å². The second-order valence-corrected chi connectivity index (χ2v) is 3.66. The maximum absolute atomic E-state index is 13.3. The largest absolute Gasteiger partial charge is 0.299 e. The lowest BCUT2D eigenvalue weighted by molar-refractivity contribution is 0.170. The molecule has 0 radical (unpaired) electrons. The first-order valence-electron chi connectivity index (χ1n) is 4.74. The summed E-state index contributed by atoms with van der Waals surface area (Å²) in [5, 5.41) is 0. The van der Waals surface area contributed by atoms with Crippen LogP contribution < -0.4 is 0 Å². The Labute approximate surface area is 78.2 Å². The first kappa shape index (κ1) is 8.70. The lowest BCUT2D eigenvalue weighted by Crippen LogP contribution is -2.36. The number of hydrogen-bond acceptors (Lipinski definition) is 1. The van der Waals surface area contributed by atoms with Gasteiger partial charge in [-0.05, 0) is 38.1 Å². The number of nitrogens with zero attached hydrogens (tertiary/aromatic N) is 1. The van der Waals surface area contributed by atoms with Crippen LogP contribution in [-0.2, 0) is 6.54 Å². The Morgan fingerprint density at radius 1 is 1.38 bits per heavy atom. The highest BCUT2D eigenvalue weighted by Crippen LogP contribution is 2.18. The first-order chi connectivity index (χ1) is 6.27. The summed E-state index contributed by atoms with van der Waals surface area (Å²) in [6.07, 6.45) is 1.26. The van der Waals surface area contributed by atoms with Crippen LogP contribution in [0.3, 0.4) is 0 Å². The number of aryl methyl sites for hydroxylation is 1. The van der Waals surface area contributed by atoms with E-state index in [1.165, 1.54) is 6.42 Å². The van der Waals surface area contributed by atoms with Crippen LogP contribution in [0.15, 0.2) is 18.2 Å². The van der Waals surface area contributed by atoms with E-state index < -0.39 is 0 Å². The van der Waals surface area contributed by atoms with Crippen LogP contribution in [0, 0.1) is 12.7 Å². The van der Waals surface area contributed by atoms with Crippen molar-refractivity contribution < 1.29 is 4.39 Å². The fourth-order valence-corrected chi connectivity index (χ4v) is 1.63. The van der Waals surface area contributed by atoms with Gasteiger partial charge in [0, 0.05) is 12.1 Å². The lowest BCUT2D eigenvalue weighted by Gasteiger charge is -2.31. The van der Waals surface area contributed by atoms with E-state index in [9.17, 15) is 4.39 Å². The highest BCUT2D eigenvalue weighted by molar-refractivity contribution is 5.27. The quantitative estimate of drug-likeness (QED) is 0.673. The standard InChI is InChI=1S/C11H14FN/c1-9-4-2-5-11(12)10(9)8-13-6-3-7-13/h2,4-5H,3,6-8H2,1H3. The van der Waals surface area contributed by atoms with E-state index in [1.807, 2.05) is 13.0 Å². The van der Waals surface area contributed by atoms with Gasteiger partial charge in [-0.1, -0.05) is 12.1 Å². The molecule has 2 rings (SSSR count). The third-order valence-corrected chi connectivity index (χ3v) is 2.68. The molecule has 0 unspecified atom stereocenters. The Morgan fingerprint density at radius 3 is 2.69 bits per heavy atom. The van der Waals surface area contributed by atoms with E-state index in [2.05, 4.69) is 4.90 Å². The molecule has 1 aromatic carbocycles. The molecule has 0 saturated carbocycles. The molecule has 0 aliphatic carbocycles. The average Bonchev–Trinajstić information content (AvgIpc) is 2.00. The van der Waals surface area contributed by atoms with Gasteiger partial charge in [-0.2, -0.15) is 0 Å². The van der Waals surface area contributed by atoms with Gasteiger partial charge in [-0.3, -0.25) is 4.90 Å². The first-order valence-corrected chi connectivity index (χ1v) is 4.74. The second kappa shape index (κ2) is 3.46. The molecule has 0 amide bonds. The third kappa shape index (κ3) is 1.73. The smallest absolute Gasteiger partial charge is 0.127 e. The summed E-state index contributed by atoms with van der Waals surface area (Å²) in [7, 11) is 0. The lowest BCUT2D eigenvalue weighted by atomic mass is 10.1. The molecular weight excluding hydrogens is 165 g/mol. The summed E-state index contributed by atoms with van der Waals surface area (Å²) in [5.74, 6) is -0.0631. The van der Waals surface area contributed by atoms with Crippen molar-refractivity contribution in [2.45, 2.75) is 19.9 Å². The molecule has 2 heteroatoms. The molecule has 0 atom stereocenters. The number of hydrogen-bond donors (Lipinski definition) is 0. The molecule has 1 fully saturated rings. The molecule has 1 aromatic rings. The summed E-state index contributed by atoms with van der Waals surface area (Å²) < 4.78 is 13.3. The van der Waals surface area contributed by atoms with E-state index in [0.717, 1.165) is 30.8 Å². The van der Waals surface area contributed by atoms with Crippen LogP contribution >= 0.6 is 0 Å². The molecular formula is C11H14FN. The van der Waals surface area contributed by atoms with Gasteiger partial charge in [-0.15, -0.1) is 0 Å². The van der Waals surface area contributed by atoms with Crippen molar-refractivity contribution in [1.29, 1.82) is 0 Å². The van der Waals surface area contributed by atoms with Gasteiger partial charge in [0.2, 0.25) is 0 Å². The fourth-order valence-electron chi connectivity index (χ4n) is 1.63. The van der Waals surface area contributed by atoms with E-state index in [4.69, 9.17) is 0 Å². The number of likely N-dealkylation sites (tertiary alicyclic amines) is 1. The van der Waals surface area contributed by atoms with Crippen LogP contribution in [0.2, 0.25) is 0 Å². The zero-order valence-corrected chi connectivity index (χ0v) is 7.89. The van der Waals surface area contributed by atoms with Gasteiger partial charge in [0.25, 0.3) is 0 Å². The van der Waals surface area contributed by atoms with Crippen LogP contribution in [-0.4, -0.2) is 18.0 Å². The van der Waals surface area contributed by atoms with Crippen LogP contribution in [0.4, 0.5) is 4.39 Å². The molecule has 0 spiro atoms. The maximum atomic E-state index is 13.3. The Kier molecular flexibility index (Phi) is 2.32. The van der Waals surface area contributed by atoms with Gasteiger partial charge >= 0.3 is 0 Å². The van der Waals surface area contributed by atoms with Crippen molar-refractivity contribution in [3.8, 4) is 0 Å². The predicted octanol–water partition coefficient (Wildman–Crippen LogP) is 2.34. The van der Waals surface area contributed by atoms with E-state index in [-0.39, 0.29) is 5.82 Å².